The first-order valence-corrected chi connectivity index (χ1v) is 8.67. The van der Waals surface area contributed by atoms with E-state index in [1.807, 2.05) is 0 Å². The summed E-state index contributed by atoms with van der Waals surface area (Å²) < 4.78 is 27.2. The summed E-state index contributed by atoms with van der Waals surface area (Å²) in [5.41, 5.74) is 5.50. The van der Waals surface area contributed by atoms with Crippen LogP contribution in [0.2, 0.25) is 0 Å². The number of nitrogens with one attached hydrogen (secondary N) is 1. The van der Waals surface area contributed by atoms with Crippen LogP contribution in [-0.2, 0) is 16.6 Å². The first-order valence-electron chi connectivity index (χ1n) is 6.31. The van der Waals surface area contributed by atoms with E-state index < -0.39 is 10.0 Å². The van der Waals surface area contributed by atoms with Crippen molar-refractivity contribution >= 4 is 21.4 Å². The van der Waals surface area contributed by atoms with Crippen LogP contribution in [0.4, 0.5) is 0 Å². The number of hydrogen-bond donors (Lipinski definition) is 2. The molecule has 2 atom stereocenters. The Bertz CT molecular complexity index is 496. The maximum atomic E-state index is 12.2. The Morgan fingerprint density at radius 1 is 1.50 bits per heavy atom. The highest BCUT2D eigenvalue weighted by atomic mass is 32.2. The van der Waals surface area contributed by atoms with Crippen molar-refractivity contribution in [2.75, 3.05) is 0 Å². The monoisotopic (exact) mass is 288 g/mol. The minimum absolute atomic E-state index is 0.0833. The molecule has 0 bridgehead atoms. The van der Waals surface area contributed by atoms with Gasteiger partial charge in [0.25, 0.3) is 0 Å². The van der Waals surface area contributed by atoms with E-state index in [1.165, 1.54) is 17.8 Å². The molecule has 2 rings (SSSR count). The van der Waals surface area contributed by atoms with Crippen molar-refractivity contribution in [1.82, 2.24) is 4.72 Å². The van der Waals surface area contributed by atoms with E-state index in [2.05, 4.69) is 11.6 Å². The van der Waals surface area contributed by atoms with Crippen LogP contribution in [-0.4, -0.2) is 14.5 Å². The number of thiophene rings is 1. The molecule has 0 aromatic carbocycles. The van der Waals surface area contributed by atoms with E-state index in [0.717, 1.165) is 24.1 Å². The Morgan fingerprint density at radius 2 is 2.28 bits per heavy atom. The first kappa shape index (κ1) is 14.0. The second-order valence-electron chi connectivity index (χ2n) is 5.04. The fourth-order valence-corrected chi connectivity index (χ4v) is 4.88. The van der Waals surface area contributed by atoms with Crippen LogP contribution in [0.1, 0.15) is 37.5 Å². The average molecular weight is 288 g/mol. The zero-order chi connectivity index (χ0) is 13.2. The largest absolute Gasteiger partial charge is 0.326 e. The molecule has 1 saturated carbocycles. The van der Waals surface area contributed by atoms with E-state index in [1.54, 1.807) is 11.4 Å². The van der Waals surface area contributed by atoms with Crippen molar-refractivity contribution in [1.29, 1.82) is 0 Å². The smallest absolute Gasteiger partial charge is 0.241 e. The number of nitrogens with two attached hydrogens (primary N) is 1. The second kappa shape index (κ2) is 5.69. The van der Waals surface area contributed by atoms with Gasteiger partial charge in [0, 0.05) is 22.8 Å². The predicted molar refractivity (Wildman–Crippen MR) is 74.0 cm³/mol. The third-order valence-electron chi connectivity index (χ3n) is 3.40. The summed E-state index contributed by atoms with van der Waals surface area (Å²) in [6.07, 6.45) is 4.19. The van der Waals surface area contributed by atoms with Crippen LogP contribution in [0.25, 0.3) is 0 Å². The molecule has 1 fully saturated rings. The lowest BCUT2D eigenvalue weighted by Crippen LogP contribution is -2.37. The van der Waals surface area contributed by atoms with Crippen molar-refractivity contribution < 1.29 is 8.42 Å². The highest BCUT2D eigenvalue weighted by Crippen LogP contribution is 2.26. The number of hydrogen-bond acceptors (Lipinski definition) is 4. The van der Waals surface area contributed by atoms with E-state index in [9.17, 15) is 8.42 Å². The maximum absolute atomic E-state index is 12.2. The Balaban J connectivity index is 2.06. The fraction of sp³-hybridized carbons (Fsp3) is 0.667. The van der Waals surface area contributed by atoms with E-state index in [-0.39, 0.29) is 6.04 Å². The minimum Gasteiger partial charge on any atom is -0.326 e. The van der Waals surface area contributed by atoms with Gasteiger partial charge in [0.15, 0.2) is 0 Å². The molecule has 4 nitrogen and oxygen atoms in total. The molecule has 1 aliphatic carbocycles. The van der Waals surface area contributed by atoms with Crippen molar-refractivity contribution in [2.24, 2.45) is 11.7 Å². The Labute approximate surface area is 113 Å². The minimum atomic E-state index is -3.37. The van der Waals surface area contributed by atoms with Gasteiger partial charge in [-0.15, -0.1) is 11.3 Å². The van der Waals surface area contributed by atoms with Gasteiger partial charge in [-0.3, -0.25) is 0 Å². The van der Waals surface area contributed by atoms with Gasteiger partial charge in [0.1, 0.15) is 0 Å². The van der Waals surface area contributed by atoms with E-state index >= 15 is 0 Å². The van der Waals surface area contributed by atoms with Crippen LogP contribution in [0, 0.1) is 5.92 Å². The van der Waals surface area contributed by atoms with Crippen molar-refractivity contribution in [2.45, 2.75) is 50.1 Å². The molecule has 3 N–H and O–H groups in total. The van der Waals surface area contributed by atoms with Crippen molar-refractivity contribution in [3.05, 3.63) is 16.3 Å². The third kappa shape index (κ3) is 3.32. The summed E-state index contributed by atoms with van der Waals surface area (Å²) in [5.74, 6) is 0.605. The zero-order valence-corrected chi connectivity index (χ0v) is 12.2. The van der Waals surface area contributed by atoms with Gasteiger partial charge < -0.3 is 5.73 Å². The lowest BCUT2D eigenvalue weighted by molar-refractivity contribution is 0.327. The fourth-order valence-electron chi connectivity index (χ4n) is 2.44. The molecule has 0 radical (unpaired) electrons. The van der Waals surface area contributed by atoms with Gasteiger partial charge in [-0.2, -0.15) is 0 Å². The molecule has 0 saturated heterocycles. The van der Waals surface area contributed by atoms with E-state index in [4.69, 9.17) is 5.73 Å². The van der Waals surface area contributed by atoms with Crippen LogP contribution in [0.3, 0.4) is 0 Å². The number of sulfonamides is 1. The standard InChI is InChI=1S/C12H20N2O2S2/c1-9-3-2-4-10(5-9)14-18(15,16)12-6-11(7-13)17-8-12/h6,8-10,14H,2-5,7,13H2,1H3. The van der Waals surface area contributed by atoms with Crippen LogP contribution in [0.5, 0.6) is 0 Å². The highest BCUT2D eigenvalue weighted by Gasteiger charge is 2.25. The molecule has 1 aromatic heterocycles. The predicted octanol–water partition coefficient (Wildman–Crippen LogP) is 2.06. The molecule has 1 heterocycles. The molecule has 2 unspecified atom stereocenters. The Kier molecular flexibility index (Phi) is 4.42. The summed E-state index contributed by atoms with van der Waals surface area (Å²) in [6.45, 7) is 2.57. The van der Waals surface area contributed by atoms with Gasteiger partial charge in [-0.25, -0.2) is 13.1 Å². The van der Waals surface area contributed by atoms with Crippen molar-refractivity contribution in [3.63, 3.8) is 0 Å². The zero-order valence-electron chi connectivity index (χ0n) is 10.6. The lowest BCUT2D eigenvalue weighted by Gasteiger charge is -2.27. The molecule has 0 spiro atoms. The summed E-state index contributed by atoms with van der Waals surface area (Å²) >= 11 is 1.39. The van der Waals surface area contributed by atoms with Gasteiger partial charge in [-0.05, 0) is 24.8 Å². The Morgan fingerprint density at radius 3 is 2.89 bits per heavy atom. The van der Waals surface area contributed by atoms with Crippen LogP contribution >= 0.6 is 11.3 Å². The van der Waals surface area contributed by atoms with Gasteiger partial charge >= 0.3 is 0 Å². The topological polar surface area (TPSA) is 72.2 Å². The molecular weight excluding hydrogens is 268 g/mol. The maximum Gasteiger partial charge on any atom is 0.241 e. The first-order chi connectivity index (χ1) is 8.51. The van der Waals surface area contributed by atoms with Gasteiger partial charge in [0.2, 0.25) is 10.0 Å². The Hall–Kier alpha value is -0.430. The molecule has 1 aromatic rings. The summed E-state index contributed by atoms with van der Waals surface area (Å²) in [4.78, 5) is 1.25. The van der Waals surface area contributed by atoms with Gasteiger partial charge in [-0.1, -0.05) is 19.8 Å². The molecular formula is C12H20N2O2S2. The number of rotatable bonds is 4. The third-order valence-corrected chi connectivity index (χ3v) is 6.01. The second-order valence-corrected chi connectivity index (χ2v) is 7.75. The molecule has 6 heteroatoms. The average Bonchev–Trinajstić information content (AvgIpc) is 2.77. The van der Waals surface area contributed by atoms with Crippen LogP contribution in [0.15, 0.2) is 16.3 Å². The normalized spacial score (nSPS) is 25.2. The lowest BCUT2D eigenvalue weighted by atomic mass is 9.88. The SMILES string of the molecule is CC1CCCC(NS(=O)(=O)c2csc(CN)c2)C1. The molecule has 1 aliphatic rings. The van der Waals surface area contributed by atoms with Gasteiger partial charge in [0.05, 0.1) is 4.90 Å². The molecule has 102 valence electrons. The van der Waals surface area contributed by atoms with Crippen LogP contribution < -0.4 is 10.5 Å². The molecule has 18 heavy (non-hydrogen) atoms. The molecule has 0 amide bonds. The van der Waals surface area contributed by atoms with E-state index in [0.29, 0.717) is 17.4 Å². The quantitative estimate of drug-likeness (QED) is 0.891. The summed E-state index contributed by atoms with van der Waals surface area (Å²) in [7, 11) is -3.37. The molecule has 0 aliphatic heterocycles. The highest BCUT2D eigenvalue weighted by molar-refractivity contribution is 7.89. The summed E-state index contributed by atoms with van der Waals surface area (Å²) in [6, 6.07) is 1.75. The van der Waals surface area contributed by atoms with Crippen molar-refractivity contribution in [3.8, 4) is 0 Å². The summed E-state index contributed by atoms with van der Waals surface area (Å²) in [5, 5.41) is 1.66.